The van der Waals surface area contributed by atoms with E-state index in [2.05, 4.69) is 35.0 Å². The molecule has 0 saturated carbocycles. The minimum absolute atomic E-state index is 0.184. The number of carbonyl (C=O) groups is 1. The normalized spacial score (nSPS) is 10.3. The Hall–Kier alpha value is -2.53. The predicted octanol–water partition coefficient (Wildman–Crippen LogP) is 2.36. The number of hydrogen-bond donors (Lipinski definition) is 3. The molecule has 3 N–H and O–H groups in total. The zero-order valence-corrected chi connectivity index (χ0v) is 12.9. The lowest BCUT2D eigenvalue weighted by Gasteiger charge is -2.19. The van der Waals surface area contributed by atoms with Gasteiger partial charge >= 0.3 is 0 Å². The molecule has 22 heavy (non-hydrogen) atoms. The zero-order chi connectivity index (χ0) is 16.1. The molecular formula is C17H21N3O2. The molecular weight excluding hydrogens is 278 g/mol. The van der Waals surface area contributed by atoms with Gasteiger partial charge in [-0.1, -0.05) is 36.9 Å². The second-order valence-corrected chi connectivity index (χ2v) is 5.26. The summed E-state index contributed by atoms with van der Waals surface area (Å²) in [5, 5.41) is 13.9. The topological polar surface area (TPSA) is 64.6 Å². The summed E-state index contributed by atoms with van der Waals surface area (Å²) in [6, 6.07) is 12.2. The van der Waals surface area contributed by atoms with Crippen molar-refractivity contribution in [3.63, 3.8) is 0 Å². The lowest BCUT2D eigenvalue weighted by atomic mass is 10.0. The first-order valence-electron chi connectivity index (χ1n) is 7.09. The fourth-order valence-corrected chi connectivity index (χ4v) is 2.41. The third kappa shape index (κ3) is 3.38. The molecule has 0 unspecified atom stereocenters. The molecule has 0 fully saturated rings. The van der Waals surface area contributed by atoms with Crippen LogP contribution in [-0.4, -0.2) is 31.8 Å². The number of benzene rings is 2. The highest BCUT2D eigenvalue weighted by atomic mass is 16.5. The summed E-state index contributed by atoms with van der Waals surface area (Å²) in [6.45, 7) is 4.47. The zero-order valence-electron chi connectivity index (χ0n) is 12.9. The second-order valence-electron chi connectivity index (χ2n) is 5.26. The highest BCUT2D eigenvalue weighted by Gasteiger charge is 2.09. The fraction of sp³-hybridized carbons (Fsp3) is 0.235. The summed E-state index contributed by atoms with van der Waals surface area (Å²) in [7, 11) is 4.03. The van der Waals surface area contributed by atoms with E-state index in [9.17, 15) is 4.79 Å². The molecule has 2 aromatic rings. The van der Waals surface area contributed by atoms with Crippen molar-refractivity contribution < 1.29 is 10.0 Å². The molecule has 2 rings (SSSR count). The number of rotatable bonds is 6. The molecule has 0 aliphatic carbocycles. The first-order chi connectivity index (χ1) is 10.5. The molecule has 0 heterocycles. The Kier molecular flexibility index (Phi) is 5.01. The number of amides is 1. The van der Waals surface area contributed by atoms with Crippen LogP contribution in [0.15, 0.2) is 43.0 Å². The Balaban J connectivity index is 2.26. The number of carbonyl (C=O) groups excluding carboxylic acids is 1. The summed E-state index contributed by atoms with van der Waals surface area (Å²) < 4.78 is 0. The minimum atomic E-state index is -0.423. The van der Waals surface area contributed by atoms with Crippen molar-refractivity contribution in [3.8, 4) is 0 Å². The quantitative estimate of drug-likeness (QED) is 0.566. The van der Waals surface area contributed by atoms with E-state index in [1.54, 1.807) is 5.48 Å². The standard InChI is InChI=1S/C17H21N3O2/c1-12(18-11-10-17(21)19-22)13-8-9-16(20(2)3)15-7-5-4-6-14(13)15/h4-9,18,22H,1,10-11H2,2-3H3,(H,19,21). The molecule has 0 bridgehead atoms. The molecule has 0 aliphatic heterocycles. The number of fused-ring (bicyclic) bond motifs is 1. The summed E-state index contributed by atoms with van der Waals surface area (Å²) in [5.74, 6) is -0.423. The summed E-state index contributed by atoms with van der Waals surface area (Å²) in [4.78, 5) is 13.1. The number of nitrogens with zero attached hydrogens (tertiary/aromatic N) is 1. The van der Waals surface area contributed by atoms with Gasteiger partial charge in [0.25, 0.3) is 0 Å². The molecule has 5 heteroatoms. The van der Waals surface area contributed by atoms with Crippen LogP contribution in [0.5, 0.6) is 0 Å². The van der Waals surface area contributed by atoms with Crippen LogP contribution in [0.4, 0.5) is 5.69 Å². The van der Waals surface area contributed by atoms with E-state index < -0.39 is 5.91 Å². The molecule has 5 nitrogen and oxygen atoms in total. The maximum Gasteiger partial charge on any atom is 0.245 e. The molecule has 2 aromatic carbocycles. The third-order valence-corrected chi connectivity index (χ3v) is 3.52. The van der Waals surface area contributed by atoms with Gasteiger partial charge in [-0.3, -0.25) is 10.0 Å². The monoisotopic (exact) mass is 299 g/mol. The van der Waals surface area contributed by atoms with Crippen molar-refractivity contribution in [1.82, 2.24) is 10.8 Å². The molecule has 0 atom stereocenters. The van der Waals surface area contributed by atoms with E-state index in [-0.39, 0.29) is 6.42 Å². The molecule has 0 aromatic heterocycles. The SMILES string of the molecule is C=C(NCCC(=O)NO)c1ccc(N(C)C)c2ccccc12. The molecule has 0 saturated heterocycles. The Labute approximate surface area is 130 Å². The van der Waals surface area contributed by atoms with Gasteiger partial charge in [0.05, 0.1) is 0 Å². The van der Waals surface area contributed by atoms with E-state index in [0.717, 1.165) is 27.7 Å². The molecule has 0 spiro atoms. The average Bonchev–Trinajstić information content (AvgIpc) is 2.53. The van der Waals surface area contributed by atoms with E-state index in [4.69, 9.17) is 5.21 Å². The van der Waals surface area contributed by atoms with Crippen molar-refractivity contribution >= 4 is 28.1 Å². The van der Waals surface area contributed by atoms with Gasteiger partial charge in [-0.05, 0) is 11.5 Å². The third-order valence-electron chi connectivity index (χ3n) is 3.52. The van der Waals surface area contributed by atoms with Crippen LogP contribution >= 0.6 is 0 Å². The van der Waals surface area contributed by atoms with Crippen LogP contribution in [0.25, 0.3) is 16.5 Å². The van der Waals surface area contributed by atoms with Gasteiger partial charge in [0.2, 0.25) is 5.91 Å². The minimum Gasteiger partial charge on any atom is -0.385 e. The molecule has 1 amide bonds. The number of anilines is 1. The number of hydroxylamine groups is 1. The van der Waals surface area contributed by atoms with Gasteiger partial charge in [-0.2, -0.15) is 0 Å². The lowest BCUT2D eigenvalue weighted by Crippen LogP contribution is -2.24. The summed E-state index contributed by atoms with van der Waals surface area (Å²) in [5.41, 5.74) is 4.52. The Morgan fingerprint density at radius 1 is 1.18 bits per heavy atom. The average molecular weight is 299 g/mol. The van der Waals surface area contributed by atoms with Gasteiger partial charge in [-0.15, -0.1) is 0 Å². The van der Waals surface area contributed by atoms with Crippen molar-refractivity contribution in [1.29, 1.82) is 0 Å². The van der Waals surface area contributed by atoms with Crippen LogP contribution < -0.4 is 15.7 Å². The van der Waals surface area contributed by atoms with E-state index in [1.165, 1.54) is 0 Å². The van der Waals surface area contributed by atoms with Gasteiger partial charge in [0, 0.05) is 49.4 Å². The smallest absolute Gasteiger partial charge is 0.245 e. The van der Waals surface area contributed by atoms with E-state index in [1.807, 2.05) is 32.3 Å². The first-order valence-corrected chi connectivity index (χ1v) is 7.09. The molecule has 116 valence electrons. The maximum absolute atomic E-state index is 11.0. The Morgan fingerprint density at radius 2 is 1.86 bits per heavy atom. The van der Waals surface area contributed by atoms with E-state index >= 15 is 0 Å². The summed E-state index contributed by atoms with van der Waals surface area (Å²) >= 11 is 0. The van der Waals surface area contributed by atoms with Crippen molar-refractivity contribution in [2.45, 2.75) is 6.42 Å². The highest BCUT2D eigenvalue weighted by Crippen LogP contribution is 2.30. The maximum atomic E-state index is 11.0. The van der Waals surface area contributed by atoms with Crippen molar-refractivity contribution in [2.24, 2.45) is 0 Å². The lowest BCUT2D eigenvalue weighted by molar-refractivity contribution is -0.129. The van der Waals surface area contributed by atoms with Crippen molar-refractivity contribution in [3.05, 3.63) is 48.5 Å². The van der Waals surface area contributed by atoms with Crippen LogP contribution in [0.1, 0.15) is 12.0 Å². The van der Waals surface area contributed by atoms with Crippen LogP contribution in [0, 0.1) is 0 Å². The van der Waals surface area contributed by atoms with Crippen molar-refractivity contribution in [2.75, 3.05) is 25.5 Å². The number of hydrogen-bond acceptors (Lipinski definition) is 4. The van der Waals surface area contributed by atoms with E-state index in [0.29, 0.717) is 6.54 Å². The first kappa shape index (κ1) is 15.9. The van der Waals surface area contributed by atoms with Gasteiger partial charge in [0.15, 0.2) is 0 Å². The predicted molar refractivity (Wildman–Crippen MR) is 89.9 cm³/mol. The van der Waals surface area contributed by atoms with Gasteiger partial charge in [-0.25, -0.2) is 5.48 Å². The fourth-order valence-electron chi connectivity index (χ4n) is 2.41. The summed E-state index contributed by atoms with van der Waals surface area (Å²) in [6.07, 6.45) is 0.184. The largest absolute Gasteiger partial charge is 0.385 e. The Bertz CT molecular complexity index is 695. The van der Waals surface area contributed by atoms with Gasteiger partial charge in [0.1, 0.15) is 0 Å². The highest BCUT2D eigenvalue weighted by molar-refractivity contribution is 6.00. The Morgan fingerprint density at radius 3 is 2.50 bits per heavy atom. The van der Waals surface area contributed by atoms with Crippen LogP contribution in [0.3, 0.4) is 0 Å². The van der Waals surface area contributed by atoms with Crippen LogP contribution in [-0.2, 0) is 4.79 Å². The molecule has 0 radical (unpaired) electrons. The van der Waals surface area contributed by atoms with Crippen LogP contribution in [0.2, 0.25) is 0 Å². The molecule has 0 aliphatic rings. The van der Waals surface area contributed by atoms with Gasteiger partial charge < -0.3 is 10.2 Å². The second kappa shape index (κ2) is 6.95. The number of nitrogens with one attached hydrogen (secondary N) is 2.